The summed E-state index contributed by atoms with van der Waals surface area (Å²) in [4.78, 5) is 2.18. The van der Waals surface area contributed by atoms with Crippen LogP contribution < -0.4 is 0 Å². The molecule has 0 spiro atoms. The summed E-state index contributed by atoms with van der Waals surface area (Å²) in [6.07, 6.45) is 2.00. The summed E-state index contributed by atoms with van der Waals surface area (Å²) in [5.74, 6) is -0.109. The zero-order chi connectivity index (χ0) is 11.2. The predicted octanol–water partition coefficient (Wildman–Crippen LogP) is 2.45. The Kier molecular flexibility index (Phi) is 2.02. The maximum atomic E-state index is 13.5. The molecule has 0 atom stereocenters. The second-order valence-electron chi connectivity index (χ2n) is 4.91. The van der Waals surface area contributed by atoms with Gasteiger partial charge in [-0.25, -0.2) is 4.39 Å². The van der Waals surface area contributed by atoms with E-state index in [0.717, 1.165) is 37.1 Å². The number of hydrogen-bond donors (Lipinski definition) is 0. The topological polar surface area (TPSA) is 27.0 Å². The molecule has 82 valence electrons. The lowest BCUT2D eigenvalue weighted by Crippen LogP contribution is -2.24. The van der Waals surface area contributed by atoms with Gasteiger partial charge in [0, 0.05) is 25.2 Å². The normalized spacial score (nSPS) is 21.5. The zero-order valence-corrected chi connectivity index (χ0v) is 9.04. The molecule has 16 heavy (non-hydrogen) atoms. The third-order valence-electron chi connectivity index (χ3n) is 3.61. The third kappa shape index (κ3) is 1.50. The van der Waals surface area contributed by atoms with Gasteiger partial charge in [-0.3, -0.25) is 4.90 Å². The van der Waals surface area contributed by atoms with Crippen LogP contribution >= 0.6 is 0 Å². The smallest absolute Gasteiger partial charge is 0.128 e. The number of hydrogen-bond acceptors (Lipinski definition) is 2. The quantitative estimate of drug-likeness (QED) is 0.759. The molecule has 1 heterocycles. The fourth-order valence-corrected chi connectivity index (χ4v) is 2.44. The van der Waals surface area contributed by atoms with Crippen molar-refractivity contribution < 1.29 is 4.39 Å². The minimum atomic E-state index is -0.126. The van der Waals surface area contributed by atoms with E-state index in [4.69, 9.17) is 5.26 Å². The average molecular weight is 216 g/mol. The Morgan fingerprint density at radius 2 is 2.19 bits per heavy atom. The van der Waals surface area contributed by atoms with Crippen LogP contribution in [0.5, 0.6) is 0 Å². The van der Waals surface area contributed by atoms with Crippen molar-refractivity contribution in [2.24, 2.45) is 5.41 Å². The van der Waals surface area contributed by atoms with Gasteiger partial charge < -0.3 is 0 Å². The van der Waals surface area contributed by atoms with E-state index in [1.807, 2.05) is 6.07 Å². The Labute approximate surface area is 94.3 Å². The molecule has 2 aliphatic rings. The first-order chi connectivity index (χ1) is 7.72. The van der Waals surface area contributed by atoms with Crippen LogP contribution in [-0.2, 0) is 13.1 Å². The fourth-order valence-electron chi connectivity index (χ4n) is 2.44. The lowest BCUT2D eigenvalue weighted by Gasteiger charge is -2.17. The lowest BCUT2D eigenvalue weighted by molar-refractivity contribution is 0.248. The van der Waals surface area contributed by atoms with Crippen LogP contribution in [0.2, 0.25) is 0 Å². The standard InChI is InChI=1S/C13H13FN2/c14-12-3-1-2-10-6-16(7-11(10)12)9-13(8-15)4-5-13/h1-3H,4-7,9H2. The highest BCUT2D eigenvalue weighted by molar-refractivity contribution is 5.32. The van der Waals surface area contributed by atoms with Crippen LogP contribution in [0.4, 0.5) is 4.39 Å². The number of halogens is 1. The molecule has 0 aromatic heterocycles. The van der Waals surface area contributed by atoms with Gasteiger partial charge in [0.2, 0.25) is 0 Å². The van der Waals surface area contributed by atoms with E-state index in [2.05, 4.69) is 11.0 Å². The zero-order valence-electron chi connectivity index (χ0n) is 9.04. The Balaban J connectivity index is 1.76. The van der Waals surface area contributed by atoms with Crippen molar-refractivity contribution in [2.45, 2.75) is 25.9 Å². The van der Waals surface area contributed by atoms with Gasteiger partial charge in [-0.2, -0.15) is 5.26 Å². The summed E-state index contributed by atoms with van der Waals surface area (Å²) >= 11 is 0. The summed E-state index contributed by atoms with van der Waals surface area (Å²) in [6, 6.07) is 7.63. The van der Waals surface area contributed by atoms with Gasteiger partial charge in [0.1, 0.15) is 5.82 Å². The highest BCUT2D eigenvalue weighted by atomic mass is 19.1. The first-order valence-electron chi connectivity index (χ1n) is 5.62. The summed E-state index contributed by atoms with van der Waals surface area (Å²) < 4.78 is 13.5. The first-order valence-corrected chi connectivity index (χ1v) is 5.62. The summed E-state index contributed by atoms with van der Waals surface area (Å²) in [5.41, 5.74) is 1.77. The monoisotopic (exact) mass is 216 g/mol. The lowest BCUT2D eigenvalue weighted by atomic mass is 10.1. The van der Waals surface area contributed by atoms with Crippen molar-refractivity contribution in [1.29, 1.82) is 5.26 Å². The molecule has 1 fully saturated rings. The van der Waals surface area contributed by atoms with Gasteiger partial charge in [0.05, 0.1) is 11.5 Å². The van der Waals surface area contributed by atoms with Crippen molar-refractivity contribution >= 4 is 0 Å². The largest absolute Gasteiger partial charge is 0.293 e. The van der Waals surface area contributed by atoms with Crippen LogP contribution in [0.15, 0.2) is 18.2 Å². The Morgan fingerprint density at radius 3 is 2.81 bits per heavy atom. The van der Waals surface area contributed by atoms with Gasteiger partial charge in [0.25, 0.3) is 0 Å². The number of benzene rings is 1. The van der Waals surface area contributed by atoms with Crippen LogP contribution in [0.25, 0.3) is 0 Å². The van der Waals surface area contributed by atoms with Crippen LogP contribution in [-0.4, -0.2) is 11.4 Å². The maximum Gasteiger partial charge on any atom is 0.128 e. The van der Waals surface area contributed by atoms with Crippen LogP contribution in [0.1, 0.15) is 24.0 Å². The number of fused-ring (bicyclic) bond motifs is 1. The molecule has 0 radical (unpaired) electrons. The van der Waals surface area contributed by atoms with Gasteiger partial charge in [0.15, 0.2) is 0 Å². The van der Waals surface area contributed by atoms with Crippen molar-refractivity contribution in [3.05, 3.63) is 35.1 Å². The molecule has 0 amide bonds. The first kappa shape index (κ1) is 9.80. The van der Waals surface area contributed by atoms with Crippen molar-refractivity contribution in [3.8, 4) is 6.07 Å². The Morgan fingerprint density at radius 1 is 1.38 bits per heavy atom. The second kappa shape index (κ2) is 3.29. The van der Waals surface area contributed by atoms with Crippen LogP contribution in [0, 0.1) is 22.6 Å². The molecule has 1 aromatic carbocycles. The highest BCUT2D eigenvalue weighted by Gasteiger charge is 2.45. The van der Waals surface area contributed by atoms with E-state index in [0.29, 0.717) is 6.54 Å². The Hall–Kier alpha value is -1.40. The fraction of sp³-hybridized carbons (Fsp3) is 0.462. The highest BCUT2D eigenvalue weighted by Crippen LogP contribution is 2.46. The van der Waals surface area contributed by atoms with Crippen molar-refractivity contribution in [1.82, 2.24) is 4.90 Å². The van der Waals surface area contributed by atoms with E-state index in [-0.39, 0.29) is 11.2 Å². The van der Waals surface area contributed by atoms with Gasteiger partial charge in [-0.05, 0) is 24.5 Å². The van der Waals surface area contributed by atoms with Gasteiger partial charge in [-0.1, -0.05) is 12.1 Å². The molecule has 1 saturated carbocycles. The number of rotatable bonds is 2. The van der Waals surface area contributed by atoms with E-state index >= 15 is 0 Å². The molecular formula is C13H13FN2. The summed E-state index contributed by atoms with van der Waals surface area (Å²) in [6.45, 7) is 2.24. The third-order valence-corrected chi connectivity index (χ3v) is 3.61. The molecule has 1 aromatic rings. The average Bonchev–Trinajstić information content (AvgIpc) is 2.91. The molecule has 1 aliphatic carbocycles. The SMILES string of the molecule is N#CC1(CN2Cc3cccc(F)c3C2)CC1. The summed E-state index contributed by atoms with van der Waals surface area (Å²) in [7, 11) is 0. The molecule has 3 heteroatoms. The summed E-state index contributed by atoms with van der Waals surface area (Å²) in [5, 5.41) is 9.04. The predicted molar refractivity (Wildman–Crippen MR) is 57.8 cm³/mol. The van der Waals surface area contributed by atoms with Crippen molar-refractivity contribution in [2.75, 3.05) is 6.54 Å². The van der Waals surface area contributed by atoms with Crippen LogP contribution in [0.3, 0.4) is 0 Å². The van der Waals surface area contributed by atoms with Crippen molar-refractivity contribution in [3.63, 3.8) is 0 Å². The molecule has 0 saturated heterocycles. The van der Waals surface area contributed by atoms with E-state index in [1.165, 1.54) is 6.07 Å². The minimum Gasteiger partial charge on any atom is -0.293 e. The minimum absolute atomic E-state index is 0.109. The molecule has 0 N–H and O–H groups in total. The molecule has 0 bridgehead atoms. The van der Waals surface area contributed by atoms with E-state index in [1.54, 1.807) is 6.07 Å². The van der Waals surface area contributed by atoms with E-state index < -0.39 is 0 Å². The molecule has 0 unspecified atom stereocenters. The molecular weight excluding hydrogens is 203 g/mol. The molecule has 3 rings (SSSR count). The molecule has 1 aliphatic heterocycles. The van der Waals surface area contributed by atoms with E-state index in [9.17, 15) is 4.39 Å². The second-order valence-corrected chi connectivity index (χ2v) is 4.91. The van der Waals surface area contributed by atoms with Gasteiger partial charge >= 0.3 is 0 Å². The maximum absolute atomic E-state index is 13.5. The molecule has 2 nitrogen and oxygen atoms in total. The van der Waals surface area contributed by atoms with Gasteiger partial charge in [-0.15, -0.1) is 0 Å². The Bertz CT molecular complexity index is 471. The number of nitrogens with zero attached hydrogens (tertiary/aromatic N) is 2. The number of nitriles is 1.